The Labute approximate surface area is 122 Å². The lowest BCUT2D eigenvalue weighted by molar-refractivity contribution is 0.175. The zero-order valence-electron chi connectivity index (χ0n) is 11.5. The third-order valence-corrected chi connectivity index (χ3v) is 4.31. The predicted molar refractivity (Wildman–Crippen MR) is 80.5 cm³/mol. The third kappa shape index (κ3) is 3.79. The van der Waals surface area contributed by atoms with Gasteiger partial charge in [0, 0.05) is 26.8 Å². The van der Waals surface area contributed by atoms with E-state index in [1.54, 1.807) is 13.4 Å². The summed E-state index contributed by atoms with van der Waals surface area (Å²) >= 11 is 3.55. The molecule has 1 saturated carbocycles. The Morgan fingerprint density at radius 2 is 2.00 bits per heavy atom. The van der Waals surface area contributed by atoms with Crippen molar-refractivity contribution in [3.05, 3.63) is 10.8 Å². The standard InChI is InChI=1S/C13H21BrN4O/c1-3-15-11-10(14)12(18-9-17-11)16-8-13(4-5-13)6-7-19-2/h9H,3-8H2,1-2H3,(H2,15,16,17,18). The average Bonchev–Trinajstić information content (AvgIpc) is 3.18. The van der Waals surface area contributed by atoms with E-state index in [1.807, 2.05) is 6.92 Å². The molecule has 0 spiro atoms. The fraction of sp³-hybridized carbons (Fsp3) is 0.692. The molecule has 106 valence electrons. The lowest BCUT2D eigenvalue weighted by Crippen LogP contribution is -2.18. The summed E-state index contributed by atoms with van der Waals surface area (Å²) in [5.41, 5.74) is 0.402. The smallest absolute Gasteiger partial charge is 0.145 e. The van der Waals surface area contributed by atoms with Crippen LogP contribution in [-0.4, -0.2) is 36.8 Å². The molecule has 0 unspecified atom stereocenters. The highest BCUT2D eigenvalue weighted by Crippen LogP contribution is 2.48. The van der Waals surface area contributed by atoms with E-state index in [-0.39, 0.29) is 0 Å². The molecule has 1 aromatic heterocycles. The highest BCUT2D eigenvalue weighted by atomic mass is 79.9. The first-order chi connectivity index (χ1) is 9.21. The van der Waals surface area contributed by atoms with Crippen molar-refractivity contribution < 1.29 is 4.74 Å². The highest BCUT2D eigenvalue weighted by Gasteiger charge is 2.41. The topological polar surface area (TPSA) is 59.1 Å². The average molecular weight is 329 g/mol. The molecule has 1 aromatic rings. The molecule has 0 aromatic carbocycles. The quantitative estimate of drug-likeness (QED) is 0.768. The normalized spacial score (nSPS) is 16.2. The minimum Gasteiger partial charge on any atom is -0.385 e. The van der Waals surface area contributed by atoms with Crippen LogP contribution in [0.5, 0.6) is 0 Å². The van der Waals surface area contributed by atoms with Crippen LogP contribution in [0.4, 0.5) is 11.6 Å². The Morgan fingerprint density at radius 1 is 1.32 bits per heavy atom. The molecule has 5 nitrogen and oxygen atoms in total. The van der Waals surface area contributed by atoms with Crippen LogP contribution in [0, 0.1) is 5.41 Å². The second-order valence-electron chi connectivity index (χ2n) is 5.01. The molecule has 2 rings (SSSR count). The van der Waals surface area contributed by atoms with Gasteiger partial charge in [0.15, 0.2) is 0 Å². The van der Waals surface area contributed by atoms with Gasteiger partial charge in [-0.2, -0.15) is 0 Å². The van der Waals surface area contributed by atoms with Gasteiger partial charge in [-0.05, 0) is 47.5 Å². The van der Waals surface area contributed by atoms with Crippen LogP contribution in [0.15, 0.2) is 10.8 Å². The first-order valence-corrected chi connectivity index (χ1v) is 7.47. The summed E-state index contributed by atoms with van der Waals surface area (Å²) in [5, 5.41) is 6.64. The Hall–Kier alpha value is -0.880. The van der Waals surface area contributed by atoms with E-state index in [1.165, 1.54) is 12.8 Å². The van der Waals surface area contributed by atoms with Crippen molar-refractivity contribution in [2.45, 2.75) is 26.2 Å². The summed E-state index contributed by atoms with van der Waals surface area (Å²) in [6, 6.07) is 0. The Morgan fingerprint density at radius 3 is 2.58 bits per heavy atom. The third-order valence-electron chi connectivity index (χ3n) is 3.56. The van der Waals surface area contributed by atoms with Gasteiger partial charge < -0.3 is 15.4 Å². The number of nitrogens with zero attached hydrogens (tertiary/aromatic N) is 2. The number of nitrogens with one attached hydrogen (secondary N) is 2. The molecule has 6 heteroatoms. The van der Waals surface area contributed by atoms with Gasteiger partial charge in [0.1, 0.15) is 22.4 Å². The summed E-state index contributed by atoms with van der Waals surface area (Å²) < 4.78 is 6.07. The van der Waals surface area contributed by atoms with Gasteiger partial charge >= 0.3 is 0 Å². The number of aromatic nitrogens is 2. The molecule has 0 amide bonds. The lowest BCUT2D eigenvalue weighted by Gasteiger charge is -2.17. The van der Waals surface area contributed by atoms with Crippen molar-refractivity contribution in [2.24, 2.45) is 5.41 Å². The number of hydrogen-bond acceptors (Lipinski definition) is 5. The zero-order valence-corrected chi connectivity index (χ0v) is 13.1. The summed E-state index contributed by atoms with van der Waals surface area (Å²) in [6.07, 6.45) is 5.23. The van der Waals surface area contributed by atoms with Crippen molar-refractivity contribution in [1.82, 2.24) is 9.97 Å². The number of rotatable bonds is 8. The fourth-order valence-corrected chi connectivity index (χ4v) is 2.55. The van der Waals surface area contributed by atoms with Crippen LogP contribution >= 0.6 is 15.9 Å². The van der Waals surface area contributed by atoms with E-state index >= 15 is 0 Å². The van der Waals surface area contributed by atoms with Gasteiger partial charge in [-0.25, -0.2) is 9.97 Å². The van der Waals surface area contributed by atoms with Crippen LogP contribution in [0.25, 0.3) is 0 Å². The van der Waals surface area contributed by atoms with Gasteiger partial charge in [0.05, 0.1) is 0 Å². The van der Waals surface area contributed by atoms with Crippen molar-refractivity contribution in [3.8, 4) is 0 Å². The Balaban J connectivity index is 1.94. The van der Waals surface area contributed by atoms with Crippen LogP contribution in [0.1, 0.15) is 26.2 Å². The molecule has 2 N–H and O–H groups in total. The molecule has 19 heavy (non-hydrogen) atoms. The summed E-state index contributed by atoms with van der Waals surface area (Å²) in [5.74, 6) is 1.69. The lowest BCUT2D eigenvalue weighted by atomic mass is 10.0. The predicted octanol–water partition coefficient (Wildman–Crippen LogP) is 2.90. The van der Waals surface area contributed by atoms with Gasteiger partial charge in [-0.1, -0.05) is 0 Å². The second-order valence-corrected chi connectivity index (χ2v) is 5.80. The van der Waals surface area contributed by atoms with E-state index in [4.69, 9.17) is 4.74 Å². The number of anilines is 2. The molecule has 0 radical (unpaired) electrons. The Kier molecular flexibility index (Phi) is 4.99. The molecular formula is C13H21BrN4O. The van der Waals surface area contributed by atoms with E-state index in [9.17, 15) is 0 Å². The van der Waals surface area contributed by atoms with Crippen molar-refractivity contribution in [1.29, 1.82) is 0 Å². The SMILES string of the molecule is CCNc1ncnc(NCC2(CCOC)CC2)c1Br. The van der Waals surface area contributed by atoms with E-state index in [0.29, 0.717) is 5.41 Å². The molecule has 1 heterocycles. The first kappa shape index (κ1) is 14.5. The molecule has 0 saturated heterocycles. The van der Waals surface area contributed by atoms with Crippen LogP contribution < -0.4 is 10.6 Å². The van der Waals surface area contributed by atoms with Crippen LogP contribution in [-0.2, 0) is 4.74 Å². The number of ether oxygens (including phenoxy) is 1. The second kappa shape index (κ2) is 6.52. The number of hydrogen-bond donors (Lipinski definition) is 2. The maximum absolute atomic E-state index is 5.17. The summed E-state index contributed by atoms with van der Waals surface area (Å²) in [6.45, 7) is 4.66. The van der Waals surface area contributed by atoms with Gasteiger partial charge in [-0.15, -0.1) is 0 Å². The van der Waals surface area contributed by atoms with Gasteiger partial charge in [0.25, 0.3) is 0 Å². The molecule has 0 atom stereocenters. The summed E-state index contributed by atoms with van der Waals surface area (Å²) in [4.78, 5) is 8.50. The molecular weight excluding hydrogens is 308 g/mol. The molecule has 1 aliphatic carbocycles. The molecule has 0 aliphatic heterocycles. The highest BCUT2D eigenvalue weighted by molar-refractivity contribution is 9.10. The van der Waals surface area contributed by atoms with E-state index < -0.39 is 0 Å². The zero-order chi connectivity index (χ0) is 13.7. The molecule has 0 bridgehead atoms. The number of halogens is 1. The van der Waals surface area contributed by atoms with Gasteiger partial charge in [-0.3, -0.25) is 0 Å². The van der Waals surface area contributed by atoms with Crippen LogP contribution in [0.2, 0.25) is 0 Å². The molecule has 1 fully saturated rings. The van der Waals surface area contributed by atoms with Crippen molar-refractivity contribution >= 4 is 27.6 Å². The number of methoxy groups -OCH3 is 1. The monoisotopic (exact) mass is 328 g/mol. The largest absolute Gasteiger partial charge is 0.385 e. The van der Waals surface area contributed by atoms with Crippen molar-refractivity contribution in [3.63, 3.8) is 0 Å². The Bertz CT molecular complexity index is 423. The van der Waals surface area contributed by atoms with E-state index in [2.05, 4.69) is 36.5 Å². The first-order valence-electron chi connectivity index (χ1n) is 6.68. The minimum atomic E-state index is 0.402. The minimum absolute atomic E-state index is 0.402. The maximum atomic E-state index is 5.17. The summed E-state index contributed by atoms with van der Waals surface area (Å²) in [7, 11) is 1.76. The van der Waals surface area contributed by atoms with Crippen LogP contribution in [0.3, 0.4) is 0 Å². The van der Waals surface area contributed by atoms with Gasteiger partial charge in [0.2, 0.25) is 0 Å². The fourth-order valence-electron chi connectivity index (χ4n) is 2.07. The van der Waals surface area contributed by atoms with E-state index in [0.717, 1.165) is 42.2 Å². The van der Waals surface area contributed by atoms with Crippen molar-refractivity contribution in [2.75, 3.05) is 37.4 Å². The maximum Gasteiger partial charge on any atom is 0.145 e. The molecule has 1 aliphatic rings.